The number of hydrogen-bond donors (Lipinski definition) is 2. The molecule has 10 nitrogen and oxygen atoms in total. The second kappa shape index (κ2) is 12.1. The molecule has 4 amide bonds. The molecule has 0 unspecified atom stereocenters. The number of nitrogens with one attached hydrogen (secondary N) is 1. The number of nitrogens with zero attached hydrogens (tertiary/aromatic N) is 3. The van der Waals surface area contributed by atoms with Gasteiger partial charge in [0.05, 0.1) is 12.0 Å². The normalized spacial score (nSPS) is 31.4. The number of β-lactam (4-membered cyclic amide) rings is 1. The first kappa shape index (κ1) is 27.8. The Morgan fingerprint density at radius 1 is 1.03 bits per heavy atom. The highest BCUT2D eigenvalue weighted by Gasteiger charge is 2.56. The largest absolute Gasteiger partial charge is 0.480 e. The number of carboxylic acids is 1. The summed E-state index contributed by atoms with van der Waals surface area (Å²) >= 11 is 0. The lowest BCUT2D eigenvalue weighted by atomic mass is 9.75. The summed E-state index contributed by atoms with van der Waals surface area (Å²) in [5.74, 6) is -0.353. The number of carboxylic acid groups (broad SMARTS) is 1. The first-order valence-corrected chi connectivity index (χ1v) is 14.1. The van der Waals surface area contributed by atoms with E-state index >= 15 is 0 Å². The maximum absolute atomic E-state index is 13.1. The molecule has 0 bridgehead atoms. The number of aliphatic carboxylic acids is 1. The van der Waals surface area contributed by atoms with Crippen molar-refractivity contribution in [3.05, 3.63) is 0 Å². The highest BCUT2D eigenvalue weighted by molar-refractivity contribution is 6.07. The van der Waals surface area contributed by atoms with E-state index in [1.165, 1.54) is 11.3 Å². The Morgan fingerprint density at radius 2 is 1.68 bits per heavy atom. The Labute approximate surface area is 220 Å². The summed E-state index contributed by atoms with van der Waals surface area (Å²) in [6.07, 6.45) is 5.76. The van der Waals surface area contributed by atoms with E-state index in [0.717, 1.165) is 43.7 Å². The molecule has 1 saturated carbocycles. The molecule has 4 aliphatic rings. The Morgan fingerprint density at radius 3 is 2.30 bits per heavy atom. The van der Waals surface area contributed by atoms with E-state index in [1.54, 1.807) is 4.90 Å². The van der Waals surface area contributed by atoms with Crippen molar-refractivity contribution in [2.24, 2.45) is 29.6 Å². The van der Waals surface area contributed by atoms with E-state index in [0.29, 0.717) is 43.2 Å². The van der Waals surface area contributed by atoms with Gasteiger partial charge in [-0.2, -0.15) is 0 Å². The van der Waals surface area contributed by atoms with Gasteiger partial charge in [-0.3, -0.25) is 9.59 Å². The quantitative estimate of drug-likeness (QED) is 0.493. The van der Waals surface area contributed by atoms with Gasteiger partial charge >= 0.3 is 12.0 Å². The molecule has 0 aromatic heterocycles. The molecule has 3 heterocycles. The third-order valence-corrected chi connectivity index (χ3v) is 9.00. The number of carbonyl (C=O) groups is 4. The SMILES string of the molecule is CC(C)[C@@H]1CC[C@@H](C)C[C@H]1OCC(=O)N1CCN(C(=O)N2C(=O)[C@H](CC3CCNCC3)[C@H]2C(=O)O)CC1. The van der Waals surface area contributed by atoms with Gasteiger partial charge in [0.1, 0.15) is 6.61 Å². The van der Waals surface area contributed by atoms with Crippen molar-refractivity contribution < 1.29 is 29.0 Å². The maximum atomic E-state index is 13.1. The molecule has 0 radical (unpaired) electrons. The lowest BCUT2D eigenvalue weighted by Gasteiger charge is -2.47. The van der Waals surface area contributed by atoms with Crippen LogP contribution in [-0.2, 0) is 19.1 Å². The summed E-state index contributed by atoms with van der Waals surface area (Å²) in [6.45, 7) is 9.68. The van der Waals surface area contributed by atoms with Crippen molar-refractivity contribution in [3.8, 4) is 0 Å². The summed E-state index contributed by atoms with van der Waals surface area (Å²) in [5.41, 5.74) is 0. The number of piperazine rings is 1. The van der Waals surface area contributed by atoms with Gasteiger partial charge < -0.3 is 25.0 Å². The number of piperidine rings is 1. The van der Waals surface area contributed by atoms with Crippen LogP contribution in [0, 0.1) is 29.6 Å². The summed E-state index contributed by atoms with van der Waals surface area (Å²) in [6, 6.07) is -1.66. The minimum atomic E-state index is -1.13. The molecule has 4 fully saturated rings. The van der Waals surface area contributed by atoms with Crippen molar-refractivity contribution in [2.45, 2.75) is 71.4 Å². The van der Waals surface area contributed by atoms with Crippen LogP contribution in [0.5, 0.6) is 0 Å². The number of ether oxygens (including phenoxy) is 1. The fourth-order valence-corrected chi connectivity index (χ4v) is 6.63. The van der Waals surface area contributed by atoms with Crippen LogP contribution >= 0.6 is 0 Å². The van der Waals surface area contributed by atoms with Crippen LogP contribution in [0.3, 0.4) is 0 Å². The third kappa shape index (κ3) is 6.28. The van der Waals surface area contributed by atoms with Crippen LogP contribution in [0.4, 0.5) is 4.79 Å². The minimum Gasteiger partial charge on any atom is -0.480 e. The topological polar surface area (TPSA) is 119 Å². The van der Waals surface area contributed by atoms with Crippen molar-refractivity contribution in [1.29, 1.82) is 0 Å². The van der Waals surface area contributed by atoms with Crippen LogP contribution in [-0.4, -0.2) is 102 Å². The van der Waals surface area contributed by atoms with Gasteiger partial charge in [0.25, 0.3) is 0 Å². The molecule has 2 N–H and O–H groups in total. The third-order valence-electron chi connectivity index (χ3n) is 9.00. The van der Waals surface area contributed by atoms with Gasteiger partial charge in [0.2, 0.25) is 11.8 Å². The fourth-order valence-electron chi connectivity index (χ4n) is 6.63. The zero-order chi connectivity index (χ0) is 26.7. The van der Waals surface area contributed by atoms with Crippen LogP contribution in [0.25, 0.3) is 0 Å². The first-order chi connectivity index (χ1) is 17.7. The van der Waals surface area contributed by atoms with Gasteiger partial charge in [-0.15, -0.1) is 0 Å². The number of likely N-dealkylation sites (tertiary alicyclic amines) is 1. The average molecular weight is 521 g/mol. The lowest BCUT2D eigenvalue weighted by molar-refractivity contribution is -0.167. The van der Waals surface area contributed by atoms with Gasteiger partial charge in [-0.1, -0.05) is 27.2 Å². The standard InChI is InChI=1S/C27H44N4O6/c1-17(2)20-5-4-18(3)14-22(20)37-16-23(32)29-10-12-30(13-11-29)27(36)31-24(26(34)35)21(25(31)33)15-19-6-8-28-9-7-19/h17-22,24,28H,4-16H2,1-3H3,(H,34,35)/t18-,20+,21-,22-,24+/m1/s1. The summed E-state index contributed by atoms with van der Waals surface area (Å²) in [5, 5.41) is 13.1. The molecule has 4 rings (SSSR count). The van der Waals surface area contributed by atoms with Crippen LogP contribution in [0.2, 0.25) is 0 Å². The van der Waals surface area contributed by atoms with E-state index in [1.807, 2.05) is 0 Å². The predicted octanol–water partition coefficient (Wildman–Crippen LogP) is 2.03. The Kier molecular flexibility index (Phi) is 9.11. The molecule has 3 aliphatic heterocycles. The molecular formula is C27H44N4O6. The van der Waals surface area contributed by atoms with Gasteiger partial charge in [0.15, 0.2) is 6.04 Å². The van der Waals surface area contributed by atoms with E-state index in [2.05, 4.69) is 26.1 Å². The van der Waals surface area contributed by atoms with Gasteiger partial charge in [0, 0.05) is 26.2 Å². The first-order valence-electron chi connectivity index (χ1n) is 14.1. The summed E-state index contributed by atoms with van der Waals surface area (Å²) in [4.78, 5) is 54.9. The van der Waals surface area contributed by atoms with E-state index in [9.17, 15) is 24.3 Å². The minimum absolute atomic E-state index is 0.0403. The molecule has 208 valence electrons. The van der Waals surface area contributed by atoms with Crippen LogP contribution < -0.4 is 5.32 Å². The number of carbonyl (C=O) groups excluding carboxylic acids is 3. The van der Waals surface area contributed by atoms with Crippen molar-refractivity contribution in [3.63, 3.8) is 0 Å². The van der Waals surface area contributed by atoms with E-state index < -0.39 is 24.0 Å². The van der Waals surface area contributed by atoms with Crippen molar-refractivity contribution in [2.75, 3.05) is 45.9 Å². The van der Waals surface area contributed by atoms with E-state index in [-0.39, 0.29) is 37.6 Å². The molecular weight excluding hydrogens is 476 g/mol. The monoisotopic (exact) mass is 520 g/mol. The molecule has 0 aromatic rings. The number of amides is 4. The van der Waals surface area contributed by atoms with Gasteiger partial charge in [-0.25, -0.2) is 14.5 Å². The average Bonchev–Trinajstić information content (AvgIpc) is 2.88. The number of imide groups is 1. The highest BCUT2D eigenvalue weighted by atomic mass is 16.5. The second-order valence-corrected chi connectivity index (χ2v) is 11.9. The number of rotatable bonds is 7. The lowest BCUT2D eigenvalue weighted by Crippen LogP contribution is -2.69. The van der Waals surface area contributed by atoms with E-state index in [4.69, 9.17) is 4.74 Å². The second-order valence-electron chi connectivity index (χ2n) is 11.9. The molecule has 1 aliphatic carbocycles. The van der Waals surface area contributed by atoms with Gasteiger partial charge in [-0.05, 0) is 68.9 Å². The maximum Gasteiger partial charge on any atom is 0.327 e. The summed E-state index contributed by atoms with van der Waals surface area (Å²) < 4.78 is 6.12. The Bertz CT molecular complexity index is 852. The molecule has 3 saturated heterocycles. The zero-order valence-corrected chi connectivity index (χ0v) is 22.6. The molecule has 0 aromatic carbocycles. The Balaban J connectivity index is 1.26. The predicted molar refractivity (Wildman–Crippen MR) is 137 cm³/mol. The molecule has 10 heteroatoms. The zero-order valence-electron chi connectivity index (χ0n) is 22.6. The number of hydrogen-bond acceptors (Lipinski definition) is 6. The highest BCUT2D eigenvalue weighted by Crippen LogP contribution is 2.36. The Hall–Kier alpha value is -2.20. The van der Waals surface area contributed by atoms with Crippen molar-refractivity contribution >= 4 is 23.8 Å². The smallest absolute Gasteiger partial charge is 0.327 e. The molecule has 5 atom stereocenters. The van der Waals surface area contributed by atoms with Crippen LogP contribution in [0.1, 0.15) is 59.3 Å². The fraction of sp³-hybridized carbons (Fsp3) is 0.852. The van der Waals surface area contributed by atoms with Crippen molar-refractivity contribution in [1.82, 2.24) is 20.0 Å². The molecule has 0 spiro atoms. The van der Waals surface area contributed by atoms with Crippen LogP contribution in [0.15, 0.2) is 0 Å². The summed E-state index contributed by atoms with van der Waals surface area (Å²) in [7, 11) is 0. The number of urea groups is 1. The molecule has 37 heavy (non-hydrogen) atoms.